The van der Waals surface area contributed by atoms with Gasteiger partial charge in [0.15, 0.2) is 0 Å². The summed E-state index contributed by atoms with van der Waals surface area (Å²) < 4.78 is 5.49. The van der Waals surface area contributed by atoms with Crippen molar-refractivity contribution in [2.24, 2.45) is 0 Å². The topological polar surface area (TPSA) is 38.3 Å². The number of rotatable bonds is 6. The molecule has 0 aliphatic heterocycles. The molecule has 0 aromatic heterocycles. The highest BCUT2D eigenvalue weighted by Crippen LogP contribution is 2.11. The van der Waals surface area contributed by atoms with E-state index in [0.717, 1.165) is 5.56 Å². The van der Waals surface area contributed by atoms with Crippen LogP contribution in [0.5, 0.6) is 0 Å². The average molecular weight is 324 g/mol. The first-order valence-electron chi connectivity index (χ1n) is 6.51. The molecule has 0 spiro atoms. The molecule has 2 rings (SSSR count). The first kappa shape index (κ1) is 15.8. The van der Waals surface area contributed by atoms with Crippen LogP contribution in [0.1, 0.15) is 15.9 Å². The zero-order chi connectivity index (χ0) is 15.1. The molecule has 0 saturated heterocycles. The van der Waals surface area contributed by atoms with E-state index < -0.39 is 0 Å². The van der Waals surface area contributed by atoms with Gasteiger partial charge in [0.2, 0.25) is 0 Å². The molecule has 0 aliphatic rings. The number of halogens is 2. The molecule has 21 heavy (non-hydrogen) atoms. The highest BCUT2D eigenvalue weighted by Gasteiger charge is 2.04. The fraction of sp³-hybridized carbons (Fsp3) is 0.188. The Kier molecular flexibility index (Phi) is 6.05. The normalized spacial score (nSPS) is 10.4. The van der Waals surface area contributed by atoms with E-state index in [4.69, 9.17) is 27.9 Å². The summed E-state index contributed by atoms with van der Waals surface area (Å²) in [7, 11) is 0. The third-order valence-corrected chi connectivity index (χ3v) is 3.25. The number of benzene rings is 2. The monoisotopic (exact) mass is 323 g/mol. The molecule has 1 N–H and O–H groups in total. The zero-order valence-electron chi connectivity index (χ0n) is 11.3. The molecule has 3 nitrogen and oxygen atoms in total. The van der Waals surface area contributed by atoms with Crippen LogP contribution in [0.25, 0.3) is 0 Å². The minimum Gasteiger partial charge on any atom is -0.375 e. The number of hydrogen-bond acceptors (Lipinski definition) is 2. The van der Waals surface area contributed by atoms with Gasteiger partial charge < -0.3 is 10.1 Å². The first-order valence-corrected chi connectivity index (χ1v) is 7.27. The van der Waals surface area contributed by atoms with Crippen molar-refractivity contribution in [1.82, 2.24) is 5.32 Å². The quantitative estimate of drug-likeness (QED) is 0.818. The van der Waals surface area contributed by atoms with E-state index in [-0.39, 0.29) is 5.91 Å². The summed E-state index contributed by atoms with van der Waals surface area (Å²) in [4.78, 5) is 11.8. The van der Waals surface area contributed by atoms with E-state index in [0.29, 0.717) is 35.4 Å². The van der Waals surface area contributed by atoms with Crippen LogP contribution in [-0.2, 0) is 11.3 Å². The molecular weight excluding hydrogens is 309 g/mol. The molecule has 0 saturated carbocycles. The summed E-state index contributed by atoms with van der Waals surface area (Å²) in [6, 6.07) is 14.3. The van der Waals surface area contributed by atoms with Crippen molar-refractivity contribution in [2.75, 3.05) is 13.2 Å². The van der Waals surface area contributed by atoms with Gasteiger partial charge in [-0.3, -0.25) is 4.79 Å². The van der Waals surface area contributed by atoms with E-state index in [1.807, 2.05) is 24.3 Å². The van der Waals surface area contributed by atoms with Gasteiger partial charge in [0.05, 0.1) is 13.2 Å². The minimum absolute atomic E-state index is 0.163. The van der Waals surface area contributed by atoms with Gasteiger partial charge in [-0.2, -0.15) is 0 Å². The van der Waals surface area contributed by atoms with Gasteiger partial charge in [-0.05, 0) is 35.9 Å². The molecule has 0 unspecified atom stereocenters. The van der Waals surface area contributed by atoms with Crippen molar-refractivity contribution in [3.8, 4) is 0 Å². The van der Waals surface area contributed by atoms with Crippen molar-refractivity contribution >= 4 is 29.1 Å². The number of hydrogen-bond donors (Lipinski definition) is 1. The molecule has 0 aliphatic carbocycles. The fourth-order valence-corrected chi connectivity index (χ4v) is 2.19. The highest BCUT2D eigenvalue weighted by molar-refractivity contribution is 6.31. The Morgan fingerprint density at radius 2 is 1.76 bits per heavy atom. The molecule has 5 heteroatoms. The van der Waals surface area contributed by atoms with E-state index in [9.17, 15) is 4.79 Å². The van der Waals surface area contributed by atoms with Crippen molar-refractivity contribution in [3.63, 3.8) is 0 Å². The molecule has 0 fully saturated rings. The summed E-state index contributed by atoms with van der Waals surface area (Å²) in [5.41, 5.74) is 1.54. The van der Waals surface area contributed by atoms with E-state index in [2.05, 4.69) is 5.32 Å². The molecule has 0 atom stereocenters. The smallest absolute Gasteiger partial charge is 0.251 e. The van der Waals surface area contributed by atoms with Gasteiger partial charge in [-0.1, -0.05) is 41.4 Å². The summed E-state index contributed by atoms with van der Waals surface area (Å²) >= 11 is 11.7. The Morgan fingerprint density at radius 1 is 1.05 bits per heavy atom. The Bertz CT molecular complexity index is 617. The van der Waals surface area contributed by atoms with Crippen molar-refractivity contribution in [3.05, 3.63) is 69.7 Å². The summed E-state index contributed by atoms with van der Waals surface area (Å²) in [5, 5.41) is 4.00. The van der Waals surface area contributed by atoms with Gasteiger partial charge in [0.1, 0.15) is 0 Å². The average Bonchev–Trinajstić information content (AvgIpc) is 2.47. The summed E-state index contributed by atoms with van der Waals surface area (Å²) in [6.45, 7) is 1.33. The molecule has 2 aromatic carbocycles. The highest BCUT2D eigenvalue weighted by atomic mass is 35.5. The van der Waals surface area contributed by atoms with Gasteiger partial charge in [0, 0.05) is 22.2 Å². The standard InChI is InChI=1S/C16H15Cl2NO2/c17-14-5-1-3-12(9-14)11-21-8-7-19-16(20)13-4-2-6-15(18)10-13/h1-6,9-10H,7-8,11H2,(H,19,20). The van der Waals surface area contributed by atoms with Gasteiger partial charge in [0.25, 0.3) is 5.91 Å². The first-order chi connectivity index (χ1) is 10.1. The van der Waals surface area contributed by atoms with Crippen LogP contribution in [-0.4, -0.2) is 19.1 Å². The Hall–Kier alpha value is -1.55. The number of carbonyl (C=O) groups is 1. The Balaban J connectivity index is 1.69. The number of amides is 1. The molecule has 2 aromatic rings. The molecule has 0 radical (unpaired) electrons. The lowest BCUT2D eigenvalue weighted by Gasteiger charge is -2.07. The number of nitrogens with one attached hydrogen (secondary N) is 1. The van der Waals surface area contributed by atoms with Crippen molar-refractivity contribution in [1.29, 1.82) is 0 Å². The Morgan fingerprint density at radius 3 is 2.48 bits per heavy atom. The van der Waals surface area contributed by atoms with Crippen molar-refractivity contribution in [2.45, 2.75) is 6.61 Å². The second-order valence-electron chi connectivity index (χ2n) is 4.45. The van der Waals surface area contributed by atoms with E-state index in [1.165, 1.54) is 0 Å². The summed E-state index contributed by atoms with van der Waals surface area (Å²) in [6.07, 6.45) is 0. The van der Waals surface area contributed by atoms with Crippen LogP contribution in [0.4, 0.5) is 0 Å². The lowest BCUT2D eigenvalue weighted by atomic mass is 10.2. The third kappa shape index (κ3) is 5.38. The van der Waals surface area contributed by atoms with Crippen LogP contribution < -0.4 is 5.32 Å². The maximum Gasteiger partial charge on any atom is 0.251 e. The molecular formula is C16H15Cl2NO2. The van der Waals surface area contributed by atoms with Gasteiger partial charge >= 0.3 is 0 Å². The predicted molar refractivity (Wildman–Crippen MR) is 84.9 cm³/mol. The number of ether oxygens (including phenoxy) is 1. The summed E-state index contributed by atoms with van der Waals surface area (Å²) in [5.74, 6) is -0.163. The van der Waals surface area contributed by atoms with Crippen LogP contribution in [0, 0.1) is 0 Å². The zero-order valence-corrected chi connectivity index (χ0v) is 12.8. The van der Waals surface area contributed by atoms with Gasteiger partial charge in [-0.25, -0.2) is 0 Å². The predicted octanol–water partition coefficient (Wildman–Crippen LogP) is 3.94. The molecule has 110 valence electrons. The van der Waals surface area contributed by atoms with Crippen LogP contribution in [0.15, 0.2) is 48.5 Å². The minimum atomic E-state index is -0.163. The van der Waals surface area contributed by atoms with E-state index >= 15 is 0 Å². The molecule has 0 bridgehead atoms. The fourth-order valence-electron chi connectivity index (χ4n) is 1.79. The second-order valence-corrected chi connectivity index (χ2v) is 5.32. The van der Waals surface area contributed by atoms with E-state index in [1.54, 1.807) is 24.3 Å². The lowest BCUT2D eigenvalue weighted by molar-refractivity contribution is 0.0901. The Labute approximate surface area is 133 Å². The van der Waals surface area contributed by atoms with Crippen LogP contribution in [0.2, 0.25) is 10.0 Å². The SMILES string of the molecule is O=C(NCCOCc1cccc(Cl)c1)c1cccc(Cl)c1. The van der Waals surface area contributed by atoms with Gasteiger partial charge in [-0.15, -0.1) is 0 Å². The molecule has 0 heterocycles. The lowest BCUT2D eigenvalue weighted by Crippen LogP contribution is -2.27. The molecule has 1 amide bonds. The van der Waals surface area contributed by atoms with Crippen LogP contribution in [0.3, 0.4) is 0 Å². The van der Waals surface area contributed by atoms with Crippen LogP contribution >= 0.6 is 23.2 Å². The third-order valence-electron chi connectivity index (χ3n) is 2.78. The maximum absolute atomic E-state index is 11.8. The maximum atomic E-state index is 11.8. The largest absolute Gasteiger partial charge is 0.375 e. The second kappa shape index (κ2) is 8.03. The van der Waals surface area contributed by atoms with Crippen molar-refractivity contribution < 1.29 is 9.53 Å². The number of carbonyl (C=O) groups excluding carboxylic acids is 1.